The van der Waals surface area contributed by atoms with Crippen molar-refractivity contribution in [1.82, 2.24) is 0 Å². The van der Waals surface area contributed by atoms with Crippen molar-refractivity contribution in [1.29, 1.82) is 21.0 Å². The maximum atomic E-state index is 12.9. The van der Waals surface area contributed by atoms with Gasteiger partial charge in [0.1, 0.15) is 0 Å². The molecule has 116 heavy (non-hydrogen) atoms. The van der Waals surface area contributed by atoms with Gasteiger partial charge in [-0.15, -0.1) is 92.5 Å². The molecule has 0 atom stereocenters. The molecule has 0 bridgehead atoms. The number of hydrogen-bond donors (Lipinski definition) is 0. The average molecular weight is 3140 g/mol. The van der Waals surface area contributed by atoms with Gasteiger partial charge in [-0.05, 0) is 28.8 Å². The summed E-state index contributed by atoms with van der Waals surface area (Å²) in [6, 6.07) is 53.3. The molecule has 4 nitrogen and oxygen atoms in total. The first-order valence-corrected chi connectivity index (χ1v) is 29.9. The minimum Gasteiger partial charge on any atom is -0.358 e. The quantitative estimate of drug-likeness (QED) is 0.127. The van der Waals surface area contributed by atoms with Crippen LogP contribution in [0.5, 0.6) is 0 Å². The van der Waals surface area contributed by atoms with Gasteiger partial charge in [-0.25, -0.2) is 28.1 Å². The van der Waals surface area contributed by atoms with Gasteiger partial charge >= 0.3 is 190 Å². The van der Waals surface area contributed by atoms with E-state index in [0.29, 0.717) is 50.1 Å². The van der Waals surface area contributed by atoms with Crippen molar-refractivity contribution in [2.24, 2.45) is 0 Å². The summed E-state index contributed by atoms with van der Waals surface area (Å²) in [4.78, 5) is 0. The Balaban J connectivity index is -0.0000000486. The summed E-state index contributed by atoms with van der Waals surface area (Å²) < 4.78 is 125. The van der Waals surface area contributed by atoms with Crippen LogP contribution in [0, 0.1) is 327 Å². The molecule has 24 heteroatoms. The average Bonchev–Trinajstić information content (AvgIpc) is 0.870. The van der Waals surface area contributed by atoms with Gasteiger partial charge in [-0.3, -0.25) is 41.6 Å². The molecule has 0 aromatic heterocycles. The maximum absolute atomic E-state index is 12.9. The van der Waals surface area contributed by atoms with Gasteiger partial charge in [0.25, 0.3) is 0 Å². The number of benzene rings is 9. The van der Waals surface area contributed by atoms with Crippen LogP contribution < -0.4 is 0 Å². The molecule has 630 valence electrons. The summed E-state index contributed by atoms with van der Waals surface area (Å²) in [5, 5.41) is 34.3. The second-order valence-electron chi connectivity index (χ2n) is 22.6. The fraction of sp³-hybridized carbons (Fsp3) is 0.272. The van der Waals surface area contributed by atoms with Crippen LogP contribution in [0.4, 0.5) is 48.6 Å². The van der Waals surface area contributed by atoms with Crippen LogP contribution in [0.25, 0.3) is 0 Å². The molecule has 0 unspecified atom stereocenters. The van der Waals surface area contributed by atoms with E-state index in [1.165, 1.54) is 6.07 Å². The Morgan fingerprint density at radius 1 is 0.302 bits per heavy atom. The van der Waals surface area contributed by atoms with E-state index in [9.17, 15) is 43.9 Å². The first kappa shape index (κ1) is 163. The summed E-state index contributed by atoms with van der Waals surface area (Å²) in [6.07, 6.45) is 0. The zero-order valence-electron chi connectivity index (χ0n) is 71.1. The Hall–Kier alpha value is -3.64. The molecule has 0 saturated heterocycles. The number of nitrogens with zero attached hydrogens (tertiary/aromatic N) is 4. The van der Waals surface area contributed by atoms with E-state index in [0.717, 1.165) is 83.5 Å². The Morgan fingerprint density at radius 3 is 1.00 bits per heavy atom. The van der Waals surface area contributed by atoms with Crippen LogP contribution in [0.2, 0.25) is 0 Å². The van der Waals surface area contributed by atoms with E-state index < -0.39 is 43.3 Å². The second-order valence-corrected chi connectivity index (χ2v) is 22.6. The fourth-order valence-electron chi connectivity index (χ4n) is 9.15. The van der Waals surface area contributed by atoms with Crippen LogP contribution >= 0.6 is 0 Å². The van der Waals surface area contributed by atoms with Gasteiger partial charge in [-0.1, -0.05) is 161 Å². The number of halogens is 11. The third-order valence-corrected chi connectivity index (χ3v) is 13.7. The van der Waals surface area contributed by atoms with Crippen LogP contribution in [0.1, 0.15) is 163 Å². The first-order chi connectivity index (χ1) is 45.1. The molecular weight excluding hydrogens is 3020 g/mol. The van der Waals surface area contributed by atoms with Crippen LogP contribution in [0.3, 0.4) is 0 Å². The van der Waals surface area contributed by atoms with Gasteiger partial charge < -0.3 is 66.8 Å². The molecule has 0 saturated carbocycles. The van der Waals surface area contributed by atoms with Crippen molar-refractivity contribution in [2.45, 2.75) is 172 Å². The summed E-state index contributed by atoms with van der Waals surface area (Å²) >= 11 is 0. The maximum Gasteiger partial charge on any atom is 2.00 e. The Labute approximate surface area is 825 Å². The smallest absolute Gasteiger partial charge is 0.358 e. The van der Waals surface area contributed by atoms with Crippen molar-refractivity contribution in [3.8, 4) is 24.3 Å². The zero-order chi connectivity index (χ0) is 73.3. The Morgan fingerprint density at radius 2 is 0.647 bits per heavy atom. The normalized spacial score (nSPS) is 8.01. The van der Waals surface area contributed by atoms with E-state index in [1.54, 1.807) is 111 Å². The number of alkyl halides is 5. The molecule has 0 aliphatic heterocycles. The van der Waals surface area contributed by atoms with E-state index in [4.69, 9.17) is 21.0 Å². The van der Waals surface area contributed by atoms with Crippen molar-refractivity contribution in [2.75, 3.05) is 0 Å². The molecule has 0 amide bonds. The van der Waals surface area contributed by atoms with Gasteiger partial charge in [-0.2, -0.15) is 152 Å². The topological polar surface area (TPSA) is 95.2 Å². The third kappa shape index (κ3) is 60.0. The summed E-state index contributed by atoms with van der Waals surface area (Å²) in [7, 11) is 0. The molecule has 9 rings (SSSR count). The Bertz CT molecular complexity index is 4090. The second kappa shape index (κ2) is 86.3. The van der Waals surface area contributed by atoms with Crippen molar-refractivity contribution in [3.63, 3.8) is 0 Å². The molecule has 9 aromatic rings. The van der Waals surface area contributed by atoms with Gasteiger partial charge in [0, 0.05) is 41.2 Å². The number of hydrogen-bond acceptors (Lipinski definition) is 4. The van der Waals surface area contributed by atoms with Gasteiger partial charge in [0.15, 0.2) is 0 Å². The minimum atomic E-state index is -0.783. The van der Waals surface area contributed by atoms with Crippen LogP contribution in [-0.4, -0.2) is 0 Å². The van der Waals surface area contributed by atoms with Crippen molar-refractivity contribution >= 4 is 0 Å². The largest absolute Gasteiger partial charge is 2.00 e. The molecule has 0 N–H and O–H groups in total. The SMILES string of the molecule is C.Cc1[c-]c(C#N)c(C#N)c(C)c1.Cc1[c-]c(C#N)c(F)c(C)c1.Cc1[c-]c(C)c(CF)c(C)c1.Cc1[c-]c(CF)c(F)c(C)c1.Cc1[c-]c(CF)cc(C)c1.Cc1[c-]c(F)c(C#N)c(C)c1.Cc1[c-]c(F)c(CF)c(C)c1.Cc1[c-]cc(CF)c(C)c1.Cc1[c-]cc(F)c(C)c1.F.[CH3-].[CH3-].[CH3-].[CH3-].[CH3-].[CH3-].[CH3-].[CH3-].[CH3-].[W+2].[W+2].[W+2].[W+2].[W+2].[W+2].[W+2].[W+2].[W+2]. The van der Waals surface area contributed by atoms with Crippen molar-refractivity contribution in [3.05, 3.63) is 379 Å². The molecule has 9 aromatic carbocycles. The molecule has 0 fully saturated rings. The summed E-state index contributed by atoms with van der Waals surface area (Å²) in [5.41, 5.74) is 19.1. The van der Waals surface area contributed by atoms with E-state index in [2.05, 4.69) is 54.6 Å². The van der Waals surface area contributed by atoms with E-state index in [1.807, 2.05) is 112 Å². The Kier molecular flexibility index (Phi) is 122. The minimum absolute atomic E-state index is 0. The molecular formula is C92H111F11N4W9. The molecule has 0 spiro atoms. The molecule has 0 heterocycles. The summed E-state index contributed by atoms with van der Waals surface area (Å²) in [6.45, 7) is 31.8. The zero-order valence-corrected chi connectivity index (χ0v) is 97.5. The van der Waals surface area contributed by atoms with Crippen LogP contribution in [0.15, 0.2) is 72.8 Å². The summed E-state index contributed by atoms with van der Waals surface area (Å²) in [5.74, 6) is -2.23. The standard InChI is InChI=1S/C10H12F.C10H7N2.2C9H9F2.2C9H7FN.2C9H10F.C8H8F.CH4.9CH3.FH.9W/c1-7-4-8(2)10(6-11)9(3)5-7;1-7-3-8(2)10(6-12)9(4-7)5-11;1-6-3-7(2)8(5-10)9(11)4-6;1-6-3-7(2)9(11)8(4-6)5-10;1-6-3-7(2)8(5-11)9(10)4-6;1-6-3-7(2)9(10)8(4-6)5-11;1-7-3-8(2)5-9(4-7)6-10;1-7-3-4-9(6-10)8(2)5-7;1-6-3-4-8(9)7(2)5-6;;;;;;;;;;;;;;;;;;;;/h4H,6H2,1-3H3;3H,1-2H3;2*3H,5H2,1-2H3;2*3H,1-2H3;3-4H,6H2,1-2H3;4-5H,6H2,1-2H3;4-5H,1-2H3;1H4;9*1H3;1H;;;;;;;;;/q9*-1;;9*-1;;9*+2. The van der Waals surface area contributed by atoms with Gasteiger partial charge in [0.05, 0.1) is 33.4 Å². The van der Waals surface area contributed by atoms with E-state index in [-0.39, 0.29) is 310 Å². The van der Waals surface area contributed by atoms with Crippen LogP contribution in [-0.2, 0) is 223 Å². The first-order valence-electron chi connectivity index (χ1n) is 29.9. The molecule has 0 aliphatic rings. The predicted molar refractivity (Wildman–Crippen MR) is 427 cm³/mol. The number of rotatable bonds is 5. The van der Waals surface area contributed by atoms with Crippen molar-refractivity contribution < 1.29 is 238 Å². The predicted octanol–water partition coefficient (Wildman–Crippen LogP) is 26.6. The fourth-order valence-corrected chi connectivity index (χ4v) is 9.15. The van der Waals surface area contributed by atoms with Gasteiger partial charge in [0.2, 0.25) is 0 Å². The number of aryl methyl sites for hydroxylation is 19. The molecule has 0 aliphatic carbocycles. The number of nitriles is 4. The molecule has 0 radical (unpaired) electrons. The monoisotopic (exact) mass is 3140 g/mol. The van der Waals surface area contributed by atoms with E-state index >= 15 is 0 Å². The third-order valence-electron chi connectivity index (χ3n) is 13.7.